The van der Waals surface area contributed by atoms with Crippen molar-refractivity contribution in [3.8, 4) is 0 Å². The Morgan fingerprint density at radius 2 is 2.05 bits per heavy atom. The molecule has 0 saturated heterocycles. The van der Waals surface area contributed by atoms with E-state index >= 15 is 0 Å². The first-order valence-corrected chi connectivity index (χ1v) is 7.94. The number of benzene rings is 2. The van der Waals surface area contributed by atoms with Crippen LogP contribution in [0.3, 0.4) is 0 Å². The molecule has 0 unspecified atom stereocenters. The molecule has 0 radical (unpaired) electrons. The van der Waals surface area contributed by atoms with Gasteiger partial charge in [-0.05, 0) is 40.2 Å². The Bertz CT molecular complexity index is 661. The van der Waals surface area contributed by atoms with E-state index in [1.54, 1.807) is 18.2 Å². The molecule has 110 valence electrons. The van der Waals surface area contributed by atoms with Crippen molar-refractivity contribution in [2.24, 2.45) is 0 Å². The van der Waals surface area contributed by atoms with E-state index in [1.165, 1.54) is 11.8 Å². The molecular weight excluding hydrogens is 384 g/mol. The van der Waals surface area contributed by atoms with Crippen molar-refractivity contribution in [3.05, 3.63) is 57.5 Å². The molecule has 0 spiro atoms. The number of hydrogen-bond donors (Lipinski definition) is 1. The number of hydrogen-bond acceptors (Lipinski definition) is 2. The summed E-state index contributed by atoms with van der Waals surface area (Å²) in [6.07, 6.45) is 0. The smallest absolute Gasteiger partial charge is 0.234 e. The van der Waals surface area contributed by atoms with E-state index in [9.17, 15) is 13.6 Å². The van der Waals surface area contributed by atoms with Crippen LogP contribution in [0.5, 0.6) is 0 Å². The number of carbonyl (C=O) groups excluding carboxylic acids is 1. The lowest BCUT2D eigenvalue weighted by atomic mass is 10.3. The second-order valence-corrected chi connectivity index (χ2v) is 6.38. The highest BCUT2D eigenvalue weighted by molar-refractivity contribution is 9.10. The van der Waals surface area contributed by atoms with Crippen LogP contribution < -0.4 is 5.32 Å². The third kappa shape index (κ3) is 4.69. The number of thioether (sulfide) groups is 1. The van der Waals surface area contributed by atoms with E-state index in [1.807, 2.05) is 6.07 Å². The van der Waals surface area contributed by atoms with Gasteiger partial charge in [0.25, 0.3) is 0 Å². The third-order valence-corrected chi connectivity index (χ3v) is 4.29. The summed E-state index contributed by atoms with van der Waals surface area (Å²) in [4.78, 5) is 12.6. The first kappa shape index (κ1) is 16.3. The van der Waals surface area contributed by atoms with Gasteiger partial charge in [0.05, 0.1) is 11.4 Å². The van der Waals surface area contributed by atoms with Gasteiger partial charge in [-0.3, -0.25) is 4.79 Å². The van der Waals surface area contributed by atoms with Gasteiger partial charge in [0.15, 0.2) is 5.82 Å². The molecule has 1 N–H and O–H groups in total. The molecule has 0 fully saturated rings. The maximum Gasteiger partial charge on any atom is 0.234 e. The maximum absolute atomic E-state index is 13.6. The van der Waals surface area contributed by atoms with E-state index in [-0.39, 0.29) is 15.9 Å². The molecule has 0 aromatic heterocycles. The fourth-order valence-corrected chi connectivity index (χ4v) is 3.06. The molecule has 0 atom stereocenters. The first-order chi connectivity index (χ1) is 9.95. The van der Waals surface area contributed by atoms with Gasteiger partial charge in [-0.1, -0.05) is 17.7 Å². The van der Waals surface area contributed by atoms with Gasteiger partial charge < -0.3 is 5.32 Å². The molecule has 0 aliphatic carbocycles. The van der Waals surface area contributed by atoms with Crippen molar-refractivity contribution >= 4 is 50.9 Å². The number of rotatable bonds is 4. The summed E-state index contributed by atoms with van der Waals surface area (Å²) in [6, 6.07) is 8.86. The van der Waals surface area contributed by atoms with E-state index in [4.69, 9.17) is 11.6 Å². The summed E-state index contributed by atoms with van der Waals surface area (Å²) in [5.74, 6) is -1.86. The normalized spacial score (nSPS) is 10.5. The lowest BCUT2D eigenvalue weighted by Gasteiger charge is -2.09. The van der Waals surface area contributed by atoms with E-state index in [0.717, 1.165) is 11.0 Å². The number of anilines is 1. The average Bonchev–Trinajstić information content (AvgIpc) is 2.40. The van der Waals surface area contributed by atoms with Crippen LogP contribution in [-0.4, -0.2) is 11.7 Å². The summed E-state index contributed by atoms with van der Waals surface area (Å²) in [5, 5.41) is 2.99. The molecule has 0 saturated carbocycles. The maximum atomic E-state index is 13.6. The minimum absolute atomic E-state index is 0.0758. The Labute approximate surface area is 138 Å². The molecule has 2 rings (SSSR count). The second kappa shape index (κ2) is 7.24. The van der Waals surface area contributed by atoms with Crippen LogP contribution in [0.1, 0.15) is 0 Å². The summed E-state index contributed by atoms with van der Waals surface area (Å²) >= 11 is 10.1. The van der Waals surface area contributed by atoms with Crippen molar-refractivity contribution in [2.75, 3.05) is 11.1 Å². The average molecular weight is 393 g/mol. The van der Waals surface area contributed by atoms with Crippen molar-refractivity contribution in [1.29, 1.82) is 0 Å². The van der Waals surface area contributed by atoms with Crippen LogP contribution in [0.25, 0.3) is 0 Å². The van der Waals surface area contributed by atoms with E-state index < -0.39 is 17.5 Å². The topological polar surface area (TPSA) is 29.1 Å². The van der Waals surface area contributed by atoms with Crippen LogP contribution >= 0.6 is 39.3 Å². The minimum atomic E-state index is -0.831. The zero-order valence-corrected chi connectivity index (χ0v) is 13.7. The van der Waals surface area contributed by atoms with Gasteiger partial charge in [-0.15, -0.1) is 11.8 Å². The molecule has 21 heavy (non-hydrogen) atoms. The predicted molar refractivity (Wildman–Crippen MR) is 84.9 cm³/mol. The van der Waals surface area contributed by atoms with Crippen molar-refractivity contribution < 1.29 is 13.6 Å². The van der Waals surface area contributed by atoms with Crippen LogP contribution in [0.4, 0.5) is 14.5 Å². The summed E-state index contributed by atoms with van der Waals surface area (Å²) < 4.78 is 26.7. The Balaban J connectivity index is 1.99. The monoisotopic (exact) mass is 391 g/mol. The van der Waals surface area contributed by atoms with E-state index in [2.05, 4.69) is 21.2 Å². The summed E-state index contributed by atoms with van der Waals surface area (Å²) in [6.45, 7) is 0. The Morgan fingerprint density at radius 3 is 2.71 bits per heavy atom. The molecule has 2 nitrogen and oxygen atoms in total. The van der Waals surface area contributed by atoms with Crippen molar-refractivity contribution in [2.45, 2.75) is 4.90 Å². The summed E-state index contributed by atoms with van der Waals surface area (Å²) in [5.41, 5.74) is -0.0758. The molecule has 2 aromatic rings. The zero-order valence-electron chi connectivity index (χ0n) is 10.5. The van der Waals surface area contributed by atoms with Gasteiger partial charge in [0.2, 0.25) is 5.91 Å². The number of carbonyl (C=O) groups is 1. The van der Waals surface area contributed by atoms with Gasteiger partial charge >= 0.3 is 0 Å². The van der Waals surface area contributed by atoms with Crippen LogP contribution in [0, 0.1) is 11.6 Å². The Hall–Kier alpha value is -1.11. The SMILES string of the molecule is O=C(CSc1cccc(Cl)c1)Nc1c(F)cc(F)cc1Br. The predicted octanol–water partition coefficient (Wildman–Crippen LogP) is 5.11. The molecule has 0 bridgehead atoms. The van der Waals surface area contributed by atoms with Crippen LogP contribution in [-0.2, 0) is 4.79 Å². The zero-order chi connectivity index (χ0) is 15.4. The van der Waals surface area contributed by atoms with E-state index in [0.29, 0.717) is 11.1 Å². The van der Waals surface area contributed by atoms with Gasteiger partial charge in [0.1, 0.15) is 5.82 Å². The Kier molecular flexibility index (Phi) is 5.61. The standard InChI is InChI=1S/C14H9BrClF2NOS/c15-11-5-9(17)6-12(18)14(11)19-13(20)7-21-10-3-1-2-8(16)4-10/h1-6H,7H2,(H,19,20). The molecule has 7 heteroatoms. The second-order valence-electron chi connectivity index (χ2n) is 4.04. The third-order valence-electron chi connectivity index (χ3n) is 2.44. The van der Waals surface area contributed by atoms with Crippen molar-refractivity contribution in [3.63, 3.8) is 0 Å². The van der Waals surface area contributed by atoms with Gasteiger partial charge in [0, 0.05) is 20.5 Å². The van der Waals surface area contributed by atoms with Crippen molar-refractivity contribution in [1.82, 2.24) is 0 Å². The molecular formula is C14H9BrClF2NOS. The number of amides is 1. The van der Waals surface area contributed by atoms with Gasteiger partial charge in [-0.2, -0.15) is 0 Å². The summed E-state index contributed by atoms with van der Waals surface area (Å²) in [7, 11) is 0. The van der Waals surface area contributed by atoms with Gasteiger partial charge in [-0.25, -0.2) is 8.78 Å². The first-order valence-electron chi connectivity index (χ1n) is 5.78. The highest BCUT2D eigenvalue weighted by Gasteiger charge is 2.13. The number of nitrogens with one attached hydrogen (secondary N) is 1. The highest BCUT2D eigenvalue weighted by Crippen LogP contribution is 2.27. The number of halogens is 4. The quantitative estimate of drug-likeness (QED) is 0.733. The van der Waals surface area contributed by atoms with Crippen LogP contribution in [0.2, 0.25) is 5.02 Å². The molecule has 0 aliphatic heterocycles. The fourth-order valence-electron chi connectivity index (χ4n) is 1.54. The minimum Gasteiger partial charge on any atom is -0.322 e. The lowest BCUT2D eigenvalue weighted by Crippen LogP contribution is -2.15. The van der Waals surface area contributed by atoms with Crippen LogP contribution in [0.15, 0.2) is 45.8 Å². The molecule has 1 amide bonds. The molecule has 2 aromatic carbocycles. The Morgan fingerprint density at radius 1 is 1.29 bits per heavy atom. The fraction of sp³-hybridized carbons (Fsp3) is 0.0714. The highest BCUT2D eigenvalue weighted by atomic mass is 79.9. The molecule has 0 heterocycles. The molecule has 0 aliphatic rings. The lowest BCUT2D eigenvalue weighted by molar-refractivity contribution is -0.113. The largest absolute Gasteiger partial charge is 0.322 e.